The van der Waals surface area contributed by atoms with Gasteiger partial charge >= 0.3 is 5.97 Å². The first kappa shape index (κ1) is 14.4. The lowest BCUT2D eigenvalue weighted by Crippen LogP contribution is -2.12. The number of para-hydroxylation sites is 1. The average molecular weight is 290 g/mol. The van der Waals surface area contributed by atoms with Crippen molar-refractivity contribution in [1.29, 1.82) is 0 Å². The molecule has 0 aliphatic rings. The zero-order chi connectivity index (χ0) is 15.6. The van der Waals surface area contributed by atoms with Crippen LogP contribution in [0.25, 0.3) is 0 Å². The molecule has 2 aromatic carbocycles. The predicted octanol–water partition coefficient (Wildman–Crippen LogP) is 3.20. The molecule has 108 valence electrons. The van der Waals surface area contributed by atoms with Gasteiger partial charge in [-0.1, -0.05) is 12.1 Å². The Labute approximate surface area is 119 Å². The second-order valence-electron chi connectivity index (χ2n) is 4.27. The summed E-state index contributed by atoms with van der Waals surface area (Å²) in [7, 11) is 1.54. The molecule has 0 bridgehead atoms. The number of nitro benzene ring substituents is 1. The Morgan fingerprint density at radius 3 is 2.52 bits per heavy atom. The maximum atomic E-state index is 13.7. The van der Waals surface area contributed by atoms with Gasteiger partial charge in [0.2, 0.25) is 0 Å². The van der Waals surface area contributed by atoms with E-state index in [1.807, 2.05) is 0 Å². The molecule has 0 saturated carbocycles. The van der Waals surface area contributed by atoms with Gasteiger partial charge in [-0.05, 0) is 24.3 Å². The number of halogens is 1. The molecule has 0 atom stereocenters. The van der Waals surface area contributed by atoms with Gasteiger partial charge in [0.05, 0.1) is 10.6 Å². The van der Waals surface area contributed by atoms with E-state index in [1.54, 1.807) is 6.07 Å². The Hall–Kier alpha value is -2.96. The van der Waals surface area contributed by atoms with E-state index < -0.39 is 28.0 Å². The lowest BCUT2D eigenvalue weighted by Gasteiger charge is -2.20. The van der Waals surface area contributed by atoms with Crippen LogP contribution in [0.1, 0.15) is 10.4 Å². The summed E-state index contributed by atoms with van der Waals surface area (Å²) in [5.74, 6) is -1.87. The third kappa shape index (κ3) is 2.81. The van der Waals surface area contributed by atoms with Crippen molar-refractivity contribution in [3.05, 3.63) is 64.0 Å². The third-order valence-corrected chi connectivity index (χ3v) is 3.01. The van der Waals surface area contributed by atoms with Crippen LogP contribution in [-0.2, 0) is 0 Å². The lowest BCUT2D eigenvalue weighted by atomic mass is 10.1. The van der Waals surface area contributed by atoms with Crippen molar-refractivity contribution in [3.8, 4) is 0 Å². The Kier molecular flexibility index (Phi) is 3.84. The standard InChI is InChI=1S/C14H11FN2O4/c1-16(12-5-3-2-4-11(12)15)9-6-7-10(14(18)19)13(8-9)17(20)21/h2-8H,1H3,(H,18,19). The molecule has 1 N–H and O–H groups in total. The molecular formula is C14H11FN2O4. The van der Waals surface area contributed by atoms with E-state index in [0.717, 1.165) is 12.1 Å². The minimum Gasteiger partial charge on any atom is -0.477 e. The fourth-order valence-electron chi connectivity index (χ4n) is 1.92. The van der Waals surface area contributed by atoms with Gasteiger partial charge in [0.25, 0.3) is 5.69 Å². The number of rotatable bonds is 4. The second-order valence-corrected chi connectivity index (χ2v) is 4.27. The number of carboxylic acids is 1. The van der Waals surface area contributed by atoms with Crippen LogP contribution in [0.15, 0.2) is 42.5 Å². The SMILES string of the molecule is CN(c1ccc(C(=O)O)c([N+](=O)[O-])c1)c1ccccc1F. The summed E-state index contributed by atoms with van der Waals surface area (Å²) in [5, 5.41) is 19.9. The minimum absolute atomic E-state index is 0.231. The average Bonchev–Trinajstić information content (AvgIpc) is 2.46. The molecule has 0 saturated heterocycles. The fraction of sp³-hybridized carbons (Fsp3) is 0.0714. The van der Waals surface area contributed by atoms with E-state index in [-0.39, 0.29) is 5.69 Å². The van der Waals surface area contributed by atoms with Gasteiger partial charge < -0.3 is 10.0 Å². The number of aromatic carboxylic acids is 1. The van der Waals surface area contributed by atoms with Crippen LogP contribution in [-0.4, -0.2) is 23.0 Å². The number of carboxylic acid groups (broad SMARTS) is 1. The maximum absolute atomic E-state index is 13.7. The number of nitrogens with zero attached hydrogens (tertiary/aromatic N) is 2. The van der Waals surface area contributed by atoms with E-state index in [4.69, 9.17) is 5.11 Å². The molecule has 0 amide bonds. The first-order chi connectivity index (χ1) is 9.91. The summed E-state index contributed by atoms with van der Waals surface area (Å²) in [6, 6.07) is 9.58. The van der Waals surface area contributed by atoms with Crippen molar-refractivity contribution >= 4 is 23.0 Å². The van der Waals surface area contributed by atoms with Crippen molar-refractivity contribution in [2.75, 3.05) is 11.9 Å². The van der Waals surface area contributed by atoms with Crippen LogP contribution >= 0.6 is 0 Å². The summed E-state index contributed by atoms with van der Waals surface area (Å²) >= 11 is 0. The fourth-order valence-corrected chi connectivity index (χ4v) is 1.92. The van der Waals surface area contributed by atoms with Gasteiger partial charge in [-0.3, -0.25) is 10.1 Å². The van der Waals surface area contributed by atoms with Gasteiger partial charge in [0, 0.05) is 18.8 Å². The Morgan fingerprint density at radius 1 is 1.29 bits per heavy atom. The van der Waals surface area contributed by atoms with E-state index in [2.05, 4.69) is 0 Å². The van der Waals surface area contributed by atoms with Crippen LogP contribution in [0.3, 0.4) is 0 Å². The number of carbonyl (C=O) groups is 1. The number of anilines is 2. The summed E-state index contributed by atoms with van der Waals surface area (Å²) in [5.41, 5.74) is -0.402. The van der Waals surface area contributed by atoms with Gasteiger partial charge in [-0.25, -0.2) is 9.18 Å². The minimum atomic E-state index is -1.39. The zero-order valence-electron chi connectivity index (χ0n) is 11.0. The van der Waals surface area contributed by atoms with Crippen molar-refractivity contribution in [2.24, 2.45) is 0 Å². The van der Waals surface area contributed by atoms with Crippen molar-refractivity contribution in [2.45, 2.75) is 0 Å². The molecule has 0 aliphatic heterocycles. The van der Waals surface area contributed by atoms with Gasteiger partial charge in [0.15, 0.2) is 0 Å². The molecule has 0 spiro atoms. The Bertz CT molecular complexity index is 718. The molecule has 2 aromatic rings. The number of hydrogen-bond acceptors (Lipinski definition) is 4. The van der Waals surface area contributed by atoms with Crippen LogP contribution < -0.4 is 4.90 Å². The highest BCUT2D eigenvalue weighted by Gasteiger charge is 2.21. The molecule has 2 rings (SSSR count). The first-order valence-electron chi connectivity index (χ1n) is 5.92. The third-order valence-electron chi connectivity index (χ3n) is 3.01. The molecule has 6 nitrogen and oxygen atoms in total. The van der Waals surface area contributed by atoms with E-state index in [1.165, 1.54) is 36.2 Å². The molecule has 0 aromatic heterocycles. The summed E-state index contributed by atoms with van der Waals surface area (Å²) in [6.07, 6.45) is 0. The summed E-state index contributed by atoms with van der Waals surface area (Å²) in [6.45, 7) is 0. The summed E-state index contributed by atoms with van der Waals surface area (Å²) < 4.78 is 13.7. The summed E-state index contributed by atoms with van der Waals surface area (Å²) in [4.78, 5) is 22.5. The van der Waals surface area contributed by atoms with Crippen LogP contribution in [0.2, 0.25) is 0 Å². The van der Waals surface area contributed by atoms with E-state index >= 15 is 0 Å². The molecule has 0 aliphatic carbocycles. The van der Waals surface area contributed by atoms with Crippen LogP contribution in [0, 0.1) is 15.9 Å². The highest BCUT2D eigenvalue weighted by atomic mass is 19.1. The topological polar surface area (TPSA) is 83.7 Å². The number of benzene rings is 2. The van der Waals surface area contributed by atoms with Gasteiger partial charge in [-0.15, -0.1) is 0 Å². The van der Waals surface area contributed by atoms with Crippen molar-refractivity contribution < 1.29 is 19.2 Å². The highest BCUT2D eigenvalue weighted by Crippen LogP contribution is 2.30. The predicted molar refractivity (Wildman–Crippen MR) is 74.5 cm³/mol. The first-order valence-corrected chi connectivity index (χ1v) is 5.92. The molecular weight excluding hydrogens is 279 g/mol. The quantitative estimate of drug-likeness (QED) is 0.690. The molecule has 21 heavy (non-hydrogen) atoms. The molecule has 0 heterocycles. The van der Waals surface area contributed by atoms with Crippen LogP contribution in [0.5, 0.6) is 0 Å². The monoisotopic (exact) mass is 290 g/mol. The van der Waals surface area contributed by atoms with Gasteiger partial charge in [0.1, 0.15) is 11.4 Å². The highest BCUT2D eigenvalue weighted by molar-refractivity contribution is 5.93. The van der Waals surface area contributed by atoms with E-state index in [0.29, 0.717) is 5.69 Å². The van der Waals surface area contributed by atoms with Gasteiger partial charge in [-0.2, -0.15) is 0 Å². The van der Waals surface area contributed by atoms with E-state index in [9.17, 15) is 19.3 Å². The smallest absolute Gasteiger partial charge is 0.342 e. The Balaban J connectivity index is 2.50. The number of nitro groups is 1. The number of hydrogen-bond donors (Lipinski definition) is 1. The normalized spacial score (nSPS) is 10.2. The molecule has 0 radical (unpaired) electrons. The molecule has 0 fully saturated rings. The maximum Gasteiger partial charge on any atom is 0.342 e. The van der Waals surface area contributed by atoms with Crippen molar-refractivity contribution in [1.82, 2.24) is 0 Å². The largest absolute Gasteiger partial charge is 0.477 e. The lowest BCUT2D eigenvalue weighted by molar-refractivity contribution is -0.385. The zero-order valence-corrected chi connectivity index (χ0v) is 11.0. The van der Waals surface area contributed by atoms with Crippen LogP contribution in [0.4, 0.5) is 21.5 Å². The van der Waals surface area contributed by atoms with Crippen molar-refractivity contribution in [3.63, 3.8) is 0 Å². The Morgan fingerprint density at radius 2 is 1.95 bits per heavy atom. The molecule has 0 unspecified atom stereocenters. The molecule has 7 heteroatoms. The second kappa shape index (κ2) is 5.58.